The fourth-order valence-electron chi connectivity index (χ4n) is 0.936. The van der Waals surface area contributed by atoms with E-state index in [4.69, 9.17) is 11.5 Å². The minimum Gasteiger partial charge on any atom is -0.391 e. The van der Waals surface area contributed by atoms with Crippen molar-refractivity contribution in [2.24, 2.45) is 11.5 Å². The Balaban J connectivity index is 2.93. The Morgan fingerprint density at radius 1 is 1.58 bits per heavy atom. The van der Waals surface area contributed by atoms with Crippen LogP contribution >= 0.6 is 11.8 Å². The maximum atomic E-state index is 11.1. The summed E-state index contributed by atoms with van der Waals surface area (Å²) in [5.41, 5.74) is 11.0. The van der Waals surface area contributed by atoms with Crippen LogP contribution in [-0.2, 0) is 4.79 Å². The Hall–Kier alpha value is -1.04. The number of nitrogens with one attached hydrogen (secondary N) is 1. The highest BCUT2D eigenvalue weighted by Crippen LogP contribution is 2.16. The zero-order valence-corrected chi connectivity index (χ0v) is 7.81. The minimum atomic E-state index is -0.301. The molecule has 5 N–H and O–H groups in total. The van der Waals surface area contributed by atoms with Crippen molar-refractivity contribution in [3.63, 3.8) is 0 Å². The van der Waals surface area contributed by atoms with E-state index in [9.17, 15) is 4.79 Å². The normalized spacial score (nSPS) is 24.3. The van der Waals surface area contributed by atoms with Crippen LogP contribution < -0.4 is 16.8 Å². The summed E-state index contributed by atoms with van der Waals surface area (Å²) in [6.45, 7) is 0. The smallest absolute Gasteiger partial charge is 0.273 e. The molecule has 1 aliphatic rings. The molecule has 0 saturated heterocycles. The van der Waals surface area contributed by atoms with Crippen LogP contribution in [0.4, 0.5) is 0 Å². The van der Waals surface area contributed by atoms with Gasteiger partial charge < -0.3 is 21.7 Å². The molecule has 1 atom stereocenters. The van der Waals surface area contributed by atoms with E-state index >= 15 is 0 Å². The monoisotopic (exact) mass is 188 g/mol. The summed E-state index contributed by atoms with van der Waals surface area (Å²) < 4.78 is 0. The summed E-state index contributed by atoms with van der Waals surface area (Å²) in [6.07, 6.45) is 1.89. The van der Waals surface area contributed by atoms with E-state index in [0.717, 1.165) is 0 Å². The minimum absolute atomic E-state index is 0.0859. The summed E-state index contributed by atoms with van der Waals surface area (Å²) in [5.74, 6) is 0.0306. The Kier molecular flexibility index (Phi) is 2.37. The summed E-state index contributed by atoms with van der Waals surface area (Å²) in [4.78, 5) is 12.8. The molecule has 0 radical (unpaired) electrons. The summed E-state index contributed by atoms with van der Waals surface area (Å²) in [5, 5.41) is 2.68. The molecule has 1 aliphatic heterocycles. The van der Waals surface area contributed by atoms with Gasteiger partial charge >= 0.3 is 0 Å². The van der Waals surface area contributed by atoms with E-state index in [1.165, 1.54) is 11.8 Å². The highest BCUT2D eigenvalue weighted by molar-refractivity contribution is 7.99. The van der Waals surface area contributed by atoms with Crippen molar-refractivity contribution in [1.82, 2.24) is 10.2 Å². The molecule has 1 heterocycles. The molecule has 1 amide bonds. The van der Waals surface area contributed by atoms with E-state index in [2.05, 4.69) is 5.32 Å². The van der Waals surface area contributed by atoms with Crippen molar-refractivity contribution in [2.75, 3.05) is 13.3 Å². The summed E-state index contributed by atoms with van der Waals surface area (Å²) >= 11 is 1.49. The molecule has 0 bridgehead atoms. The van der Waals surface area contributed by atoms with Gasteiger partial charge in [-0.2, -0.15) is 0 Å². The van der Waals surface area contributed by atoms with Crippen molar-refractivity contribution in [3.05, 3.63) is 11.5 Å². The first-order valence-electron chi connectivity index (χ1n) is 3.39. The lowest BCUT2D eigenvalue weighted by molar-refractivity contribution is -0.119. The third kappa shape index (κ3) is 1.29. The van der Waals surface area contributed by atoms with Crippen LogP contribution in [0.5, 0.6) is 0 Å². The molecule has 0 aromatic heterocycles. The second kappa shape index (κ2) is 3.14. The predicted molar refractivity (Wildman–Crippen MR) is 48.6 cm³/mol. The van der Waals surface area contributed by atoms with E-state index in [-0.39, 0.29) is 17.1 Å². The molecule has 5 nitrogen and oxygen atoms in total. The maximum absolute atomic E-state index is 11.1. The topological polar surface area (TPSA) is 84.4 Å². The molecule has 0 fully saturated rings. The van der Waals surface area contributed by atoms with Crippen LogP contribution in [0, 0.1) is 0 Å². The lowest BCUT2D eigenvalue weighted by Crippen LogP contribution is -2.52. The third-order valence-electron chi connectivity index (χ3n) is 1.73. The second-order valence-electron chi connectivity index (χ2n) is 2.47. The summed E-state index contributed by atoms with van der Waals surface area (Å²) in [7, 11) is 1.78. The quantitative estimate of drug-likeness (QED) is 0.480. The second-order valence-corrected chi connectivity index (χ2v) is 3.39. The summed E-state index contributed by atoms with van der Waals surface area (Å²) in [6, 6.07) is 0. The molecule has 0 spiro atoms. The number of carbonyl (C=O) groups excluding carboxylic acids is 1. The zero-order valence-electron chi connectivity index (χ0n) is 7.00. The molecular weight excluding hydrogens is 176 g/mol. The molecule has 0 aromatic carbocycles. The number of nitrogens with two attached hydrogens (primary N) is 2. The van der Waals surface area contributed by atoms with Gasteiger partial charge in [0.1, 0.15) is 11.5 Å². The average molecular weight is 188 g/mol. The van der Waals surface area contributed by atoms with Crippen molar-refractivity contribution in [3.8, 4) is 0 Å². The van der Waals surface area contributed by atoms with Crippen molar-refractivity contribution >= 4 is 17.7 Å². The predicted octanol–water partition coefficient (Wildman–Crippen LogP) is -1.22. The molecule has 6 heteroatoms. The van der Waals surface area contributed by atoms with Gasteiger partial charge in [-0.15, -0.1) is 11.8 Å². The number of rotatable bonds is 1. The van der Waals surface area contributed by atoms with Crippen LogP contribution in [0.2, 0.25) is 0 Å². The van der Waals surface area contributed by atoms with Gasteiger partial charge in [-0.3, -0.25) is 4.79 Å². The van der Waals surface area contributed by atoms with E-state index < -0.39 is 0 Å². The SMILES string of the molecule is CSC1NC(=O)C(N)=C(N)N1C. The molecule has 1 unspecified atom stereocenters. The van der Waals surface area contributed by atoms with Gasteiger partial charge in [-0.05, 0) is 6.26 Å². The van der Waals surface area contributed by atoms with Crippen molar-refractivity contribution < 1.29 is 4.79 Å². The number of hydrogen-bond acceptors (Lipinski definition) is 5. The van der Waals surface area contributed by atoms with Crippen LogP contribution in [0.3, 0.4) is 0 Å². The lowest BCUT2D eigenvalue weighted by atomic mass is 10.3. The Labute approximate surface area is 75.1 Å². The highest BCUT2D eigenvalue weighted by Gasteiger charge is 2.26. The molecule has 0 aromatic rings. The lowest BCUT2D eigenvalue weighted by Gasteiger charge is -2.33. The van der Waals surface area contributed by atoms with E-state index in [1.807, 2.05) is 6.26 Å². The van der Waals surface area contributed by atoms with E-state index in [1.54, 1.807) is 11.9 Å². The number of nitrogens with zero attached hydrogens (tertiary/aromatic N) is 1. The first-order valence-corrected chi connectivity index (χ1v) is 4.68. The Bertz CT molecular complexity index is 240. The standard InChI is InChI=1S/C6H12N4OS/c1-10-4(8)3(7)5(11)9-6(10)12-2/h6H,7-8H2,1-2H3,(H,9,11). The van der Waals surface area contributed by atoms with Crippen LogP contribution in [0.15, 0.2) is 11.5 Å². The number of thioether (sulfide) groups is 1. The van der Waals surface area contributed by atoms with Gasteiger partial charge in [-0.25, -0.2) is 0 Å². The van der Waals surface area contributed by atoms with Crippen LogP contribution in [0.1, 0.15) is 0 Å². The number of amides is 1. The van der Waals surface area contributed by atoms with Gasteiger partial charge in [0.05, 0.1) is 0 Å². The zero-order chi connectivity index (χ0) is 9.30. The number of hydrogen-bond donors (Lipinski definition) is 3. The van der Waals surface area contributed by atoms with Crippen molar-refractivity contribution in [2.45, 2.75) is 5.50 Å². The van der Waals surface area contributed by atoms with E-state index in [0.29, 0.717) is 5.82 Å². The van der Waals surface area contributed by atoms with Crippen LogP contribution in [0.25, 0.3) is 0 Å². The average Bonchev–Trinajstić information content (AvgIpc) is 2.08. The molecular formula is C6H12N4OS. The van der Waals surface area contributed by atoms with Gasteiger partial charge in [-0.1, -0.05) is 0 Å². The van der Waals surface area contributed by atoms with Crippen LogP contribution in [-0.4, -0.2) is 29.6 Å². The van der Waals surface area contributed by atoms with Gasteiger partial charge in [0.25, 0.3) is 5.91 Å². The fraction of sp³-hybridized carbons (Fsp3) is 0.500. The van der Waals surface area contributed by atoms with Gasteiger partial charge in [0.15, 0.2) is 5.50 Å². The highest BCUT2D eigenvalue weighted by atomic mass is 32.2. The third-order valence-corrected chi connectivity index (χ3v) is 2.61. The molecule has 0 saturated carbocycles. The first kappa shape index (κ1) is 9.05. The number of carbonyl (C=O) groups is 1. The maximum Gasteiger partial charge on any atom is 0.273 e. The largest absolute Gasteiger partial charge is 0.391 e. The molecule has 68 valence electrons. The Morgan fingerprint density at radius 2 is 2.17 bits per heavy atom. The van der Waals surface area contributed by atoms with Gasteiger partial charge in [0.2, 0.25) is 0 Å². The first-order chi connectivity index (χ1) is 5.57. The van der Waals surface area contributed by atoms with Crippen molar-refractivity contribution in [1.29, 1.82) is 0 Å². The molecule has 0 aliphatic carbocycles. The fourth-order valence-corrected chi connectivity index (χ4v) is 1.59. The Morgan fingerprint density at radius 3 is 2.67 bits per heavy atom. The molecule has 1 rings (SSSR count). The van der Waals surface area contributed by atoms with Gasteiger partial charge in [0, 0.05) is 7.05 Å². The molecule has 12 heavy (non-hydrogen) atoms.